The fourth-order valence-electron chi connectivity index (χ4n) is 3.55. The van der Waals surface area contributed by atoms with Crippen molar-refractivity contribution in [1.82, 2.24) is 15.2 Å². The third kappa shape index (κ3) is 4.77. The molecule has 2 heterocycles. The van der Waals surface area contributed by atoms with Crippen molar-refractivity contribution < 1.29 is 18.0 Å². The number of hydrazone groups is 1. The van der Waals surface area contributed by atoms with Crippen LogP contribution in [0.15, 0.2) is 35.4 Å². The topological polar surface area (TPSA) is 99.2 Å². The average Bonchev–Trinajstić information content (AvgIpc) is 3.02. The molecule has 0 saturated carbocycles. The Hall–Kier alpha value is -2.26. The van der Waals surface area contributed by atoms with Crippen LogP contribution >= 0.6 is 0 Å². The number of likely N-dealkylation sites (N-methyl/N-ethyl adjacent to an activating group) is 1. The van der Waals surface area contributed by atoms with E-state index in [1.807, 2.05) is 49.3 Å². The largest absolute Gasteiger partial charge is 0.349 e. The zero-order chi connectivity index (χ0) is 20.3. The summed E-state index contributed by atoms with van der Waals surface area (Å²) in [6.07, 6.45) is 0.792. The molecule has 1 aromatic carbocycles. The van der Waals surface area contributed by atoms with Crippen molar-refractivity contribution >= 4 is 27.4 Å². The third-order valence-electron chi connectivity index (χ3n) is 5.14. The van der Waals surface area contributed by atoms with E-state index in [-0.39, 0.29) is 47.9 Å². The van der Waals surface area contributed by atoms with Crippen LogP contribution in [-0.4, -0.2) is 74.0 Å². The van der Waals surface area contributed by atoms with Crippen LogP contribution in [0.2, 0.25) is 0 Å². The van der Waals surface area contributed by atoms with Crippen molar-refractivity contribution in [3.8, 4) is 0 Å². The summed E-state index contributed by atoms with van der Waals surface area (Å²) >= 11 is 0. The summed E-state index contributed by atoms with van der Waals surface area (Å²) in [6, 6.07) is 9.41. The first-order valence-electron chi connectivity index (χ1n) is 9.36. The first kappa shape index (κ1) is 20.5. The highest BCUT2D eigenvalue weighted by atomic mass is 32.2. The minimum Gasteiger partial charge on any atom is -0.349 e. The van der Waals surface area contributed by atoms with Gasteiger partial charge in [-0.2, -0.15) is 5.10 Å². The van der Waals surface area contributed by atoms with Crippen LogP contribution in [0.1, 0.15) is 30.9 Å². The Morgan fingerprint density at radius 1 is 1.29 bits per heavy atom. The van der Waals surface area contributed by atoms with Crippen LogP contribution in [0.4, 0.5) is 0 Å². The first-order chi connectivity index (χ1) is 13.3. The molecule has 9 heteroatoms. The molecular formula is C19H26N4O4S. The summed E-state index contributed by atoms with van der Waals surface area (Å²) in [4.78, 5) is 26.8. The molecule has 28 heavy (non-hydrogen) atoms. The minimum absolute atomic E-state index is 0.00653. The second kappa shape index (κ2) is 8.40. The number of nitrogens with one attached hydrogen (secondary N) is 1. The zero-order valence-corrected chi connectivity index (χ0v) is 17.0. The SMILES string of the molecule is CN(C)C(CNC(=O)C1=NN(C2CCS(=O)(=O)C2)C(=O)CC1)c1ccccc1. The smallest absolute Gasteiger partial charge is 0.267 e. The van der Waals surface area contributed by atoms with E-state index in [9.17, 15) is 18.0 Å². The first-order valence-corrected chi connectivity index (χ1v) is 11.2. The molecule has 0 aromatic heterocycles. The van der Waals surface area contributed by atoms with Crippen LogP contribution in [0.3, 0.4) is 0 Å². The van der Waals surface area contributed by atoms with Crippen molar-refractivity contribution in [3.63, 3.8) is 0 Å². The molecule has 1 aromatic rings. The van der Waals surface area contributed by atoms with Crippen LogP contribution < -0.4 is 5.32 Å². The Kier molecular flexibility index (Phi) is 6.14. The number of amides is 2. The Morgan fingerprint density at radius 2 is 2.00 bits per heavy atom. The van der Waals surface area contributed by atoms with Gasteiger partial charge < -0.3 is 10.2 Å². The van der Waals surface area contributed by atoms with E-state index in [0.717, 1.165) is 5.56 Å². The van der Waals surface area contributed by atoms with Gasteiger partial charge in [0.15, 0.2) is 9.84 Å². The van der Waals surface area contributed by atoms with Crippen molar-refractivity contribution in [2.75, 3.05) is 32.1 Å². The molecule has 2 atom stereocenters. The number of hydrogen-bond acceptors (Lipinski definition) is 6. The molecule has 3 rings (SSSR count). The molecule has 1 N–H and O–H groups in total. The molecule has 152 valence electrons. The standard InChI is InChI=1S/C19H26N4O4S/c1-22(2)17(14-6-4-3-5-7-14)12-20-19(25)16-8-9-18(24)23(21-16)15-10-11-28(26,27)13-15/h3-7,15,17H,8-13H2,1-2H3,(H,20,25). The summed E-state index contributed by atoms with van der Waals surface area (Å²) in [5.74, 6) is -0.580. The van der Waals surface area contributed by atoms with Crippen LogP contribution in [0.25, 0.3) is 0 Å². The molecule has 2 aliphatic rings. The van der Waals surface area contributed by atoms with Gasteiger partial charge in [0.05, 0.1) is 23.6 Å². The molecule has 2 aliphatic heterocycles. The highest BCUT2D eigenvalue weighted by Crippen LogP contribution is 2.22. The number of benzene rings is 1. The molecule has 0 radical (unpaired) electrons. The molecule has 1 saturated heterocycles. The van der Waals surface area contributed by atoms with E-state index in [4.69, 9.17) is 0 Å². The lowest BCUT2D eigenvalue weighted by atomic mass is 10.1. The molecule has 0 aliphatic carbocycles. The summed E-state index contributed by atoms with van der Waals surface area (Å²) in [5.41, 5.74) is 1.36. The Bertz CT molecular complexity index is 867. The average molecular weight is 407 g/mol. The van der Waals surface area contributed by atoms with Gasteiger partial charge >= 0.3 is 0 Å². The Balaban J connectivity index is 1.67. The molecule has 1 fully saturated rings. The second-order valence-electron chi connectivity index (χ2n) is 7.44. The molecule has 2 unspecified atom stereocenters. The zero-order valence-electron chi connectivity index (χ0n) is 16.2. The van der Waals surface area contributed by atoms with E-state index in [1.165, 1.54) is 5.01 Å². The van der Waals surface area contributed by atoms with Crippen LogP contribution in [0.5, 0.6) is 0 Å². The van der Waals surface area contributed by atoms with E-state index < -0.39 is 15.9 Å². The van der Waals surface area contributed by atoms with Crippen molar-refractivity contribution in [2.45, 2.75) is 31.3 Å². The Labute approximate surface area is 165 Å². The number of sulfone groups is 1. The normalized spacial score (nSPS) is 22.8. The van der Waals surface area contributed by atoms with E-state index in [1.54, 1.807) is 0 Å². The highest BCUT2D eigenvalue weighted by Gasteiger charge is 2.37. The molecule has 2 amide bonds. The van der Waals surface area contributed by atoms with E-state index in [0.29, 0.717) is 13.0 Å². The van der Waals surface area contributed by atoms with Crippen molar-refractivity contribution in [2.24, 2.45) is 5.10 Å². The van der Waals surface area contributed by atoms with E-state index in [2.05, 4.69) is 10.4 Å². The number of nitrogens with zero attached hydrogens (tertiary/aromatic N) is 3. The maximum atomic E-state index is 12.6. The monoisotopic (exact) mass is 406 g/mol. The lowest BCUT2D eigenvalue weighted by molar-refractivity contribution is -0.133. The van der Waals surface area contributed by atoms with Crippen molar-refractivity contribution in [1.29, 1.82) is 0 Å². The molecule has 8 nitrogen and oxygen atoms in total. The molecule has 0 spiro atoms. The van der Waals surface area contributed by atoms with Crippen LogP contribution in [-0.2, 0) is 19.4 Å². The van der Waals surface area contributed by atoms with Gasteiger partial charge in [-0.25, -0.2) is 13.4 Å². The van der Waals surface area contributed by atoms with E-state index >= 15 is 0 Å². The number of carbonyl (C=O) groups is 2. The fraction of sp³-hybridized carbons (Fsp3) is 0.526. The number of rotatable bonds is 6. The number of hydrogen-bond donors (Lipinski definition) is 1. The second-order valence-corrected chi connectivity index (χ2v) is 9.67. The minimum atomic E-state index is -3.14. The quantitative estimate of drug-likeness (QED) is 0.745. The van der Waals surface area contributed by atoms with Crippen LogP contribution in [0, 0.1) is 0 Å². The summed E-state index contributed by atoms with van der Waals surface area (Å²) < 4.78 is 23.4. The molecule has 0 bridgehead atoms. The van der Waals surface area contributed by atoms with Gasteiger partial charge in [-0.1, -0.05) is 30.3 Å². The van der Waals surface area contributed by atoms with Gasteiger partial charge in [-0.15, -0.1) is 0 Å². The lowest BCUT2D eigenvalue weighted by Crippen LogP contribution is -2.45. The fourth-order valence-corrected chi connectivity index (χ4v) is 5.25. The lowest BCUT2D eigenvalue weighted by Gasteiger charge is -2.28. The van der Waals surface area contributed by atoms with Gasteiger partial charge in [-0.05, 0) is 26.1 Å². The van der Waals surface area contributed by atoms with Gasteiger partial charge in [0.2, 0.25) is 5.91 Å². The summed E-state index contributed by atoms with van der Waals surface area (Å²) in [7, 11) is 0.758. The number of carbonyl (C=O) groups excluding carboxylic acids is 2. The highest BCUT2D eigenvalue weighted by molar-refractivity contribution is 7.91. The molecular weight excluding hydrogens is 380 g/mol. The predicted octanol–water partition coefficient (Wildman–Crippen LogP) is 0.571. The van der Waals surface area contributed by atoms with Gasteiger partial charge in [-0.3, -0.25) is 9.59 Å². The predicted molar refractivity (Wildman–Crippen MR) is 106 cm³/mol. The van der Waals surface area contributed by atoms with Crippen molar-refractivity contribution in [3.05, 3.63) is 35.9 Å². The summed E-state index contributed by atoms with van der Waals surface area (Å²) in [6.45, 7) is 0.403. The Morgan fingerprint density at radius 3 is 2.61 bits per heavy atom. The maximum absolute atomic E-state index is 12.6. The van der Waals surface area contributed by atoms with Gasteiger partial charge in [0, 0.05) is 19.4 Å². The third-order valence-corrected chi connectivity index (χ3v) is 6.89. The van der Waals surface area contributed by atoms with Gasteiger partial charge in [0.1, 0.15) is 5.71 Å². The maximum Gasteiger partial charge on any atom is 0.267 e. The summed E-state index contributed by atoms with van der Waals surface area (Å²) in [5, 5.41) is 8.34. The van der Waals surface area contributed by atoms with Gasteiger partial charge in [0.25, 0.3) is 5.91 Å².